The number of hydrogen-bond donors (Lipinski definition) is 0. The second kappa shape index (κ2) is 3.52. The maximum atomic E-state index is 8.84. The van der Waals surface area contributed by atoms with E-state index in [0.717, 1.165) is 5.57 Å². The summed E-state index contributed by atoms with van der Waals surface area (Å²) in [4.78, 5) is 0. The predicted molar refractivity (Wildman–Crippen MR) is 67.1 cm³/mol. The van der Waals surface area contributed by atoms with Crippen molar-refractivity contribution in [3.05, 3.63) is 59.2 Å². The molecule has 2 unspecified atom stereocenters. The van der Waals surface area contributed by atoms with Crippen LogP contribution in [0.15, 0.2) is 48.1 Å². The molecule has 0 radical (unpaired) electrons. The Bertz CT molecular complexity index is 613. The molecule has 2 aliphatic rings. The van der Waals surface area contributed by atoms with Crippen molar-refractivity contribution < 1.29 is 0 Å². The molecular formula is C14H8N2S. The minimum absolute atomic E-state index is 0.00827. The lowest BCUT2D eigenvalue weighted by atomic mass is 9.90. The van der Waals surface area contributed by atoms with Crippen LogP contribution in [-0.2, 0) is 4.75 Å². The minimum atomic E-state index is 0.00827. The van der Waals surface area contributed by atoms with Crippen molar-refractivity contribution in [1.29, 1.82) is 10.5 Å². The largest absolute Gasteiger partial charge is 0.192 e. The molecule has 1 aromatic carbocycles. The Kier molecular flexibility index (Phi) is 2.11. The molecule has 3 heteroatoms. The summed E-state index contributed by atoms with van der Waals surface area (Å²) in [5.74, 6) is 0. The minimum Gasteiger partial charge on any atom is -0.192 e. The molecule has 0 aromatic heterocycles. The highest BCUT2D eigenvalue weighted by Gasteiger charge is 2.54. The fourth-order valence-corrected chi connectivity index (χ4v) is 3.38. The highest BCUT2D eigenvalue weighted by Crippen LogP contribution is 2.64. The number of thioether (sulfide) groups is 1. The van der Waals surface area contributed by atoms with Crippen LogP contribution in [0.4, 0.5) is 0 Å². The van der Waals surface area contributed by atoms with Gasteiger partial charge in [-0.15, -0.1) is 11.8 Å². The van der Waals surface area contributed by atoms with Crippen LogP contribution in [0, 0.1) is 22.7 Å². The highest BCUT2D eigenvalue weighted by atomic mass is 32.2. The lowest BCUT2D eigenvalue weighted by Gasteiger charge is -2.12. The SMILES string of the molecule is N#CC1=CC2SC2(c2ccc(C#N)cc2)C=C1. The van der Waals surface area contributed by atoms with Gasteiger partial charge in [0.15, 0.2) is 0 Å². The lowest BCUT2D eigenvalue weighted by molar-refractivity contribution is 0.899. The van der Waals surface area contributed by atoms with Crippen molar-refractivity contribution in [1.82, 2.24) is 0 Å². The van der Waals surface area contributed by atoms with Gasteiger partial charge in [0, 0.05) is 10.8 Å². The van der Waals surface area contributed by atoms with Crippen LogP contribution in [-0.4, -0.2) is 5.25 Å². The quantitative estimate of drug-likeness (QED) is 0.704. The van der Waals surface area contributed by atoms with Crippen molar-refractivity contribution >= 4 is 11.8 Å². The van der Waals surface area contributed by atoms with Gasteiger partial charge in [0.05, 0.1) is 22.4 Å². The average Bonchev–Trinajstić information content (AvgIpc) is 3.13. The van der Waals surface area contributed by atoms with Crippen LogP contribution in [0.3, 0.4) is 0 Å². The fraction of sp³-hybridized carbons (Fsp3) is 0.143. The molecule has 0 saturated carbocycles. The summed E-state index contributed by atoms with van der Waals surface area (Å²) in [5.41, 5.74) is 2.63. The van der Waals surface area contributed by atoms with Crippen LogP contribution >= 0.6 is 11.8 Å². The normalized spacial score (nSPS) is 28.6. The van der Waals surface area contributed by atoms with Crippen LogP contribution in [0.5, 0.6) is 0 Å². The first-order valence-electron chi connectivity index (χ1n) is 5.28. The average molecular weight is 236 g/mol. The Morgan fingerprint density at radius 2 is 1.88 bits per heavy atom. The van der Waals surface area contributed by atoms with Gasteiger partial charge in [-0.05, 0) is 23.8 Å². The summed E-state index contributed by atoms with van der Waals surface area (Å²) in [7, 11) is 0. The Morgan fingerprint density at radius 3 is 2.47 bits per heavy atom. The molecule has 1 aromatic rings. The predicted octanol–water partition coefficient (Wildman–Crippen LogP) is 2.89. The zero-order valence-corrected chi connectivity index (χ0v) is 9.74. The maximum Gasteiger partial charge on any atom is 0.0991 e. The molecule has 0 amide bonds. The molecule has 2 nitrogen and oxygen atoms in total. The number of rotatable bonds is 1. The van der Waals surface area contributed by atoms with Gasteiger partial charge in [-0.3, -0.25) is 0 Å². The van der Waals surface area contributed by atoms with Gasteiger partial charge in [-0.1, -0.05) is 24.3 Å². The maximum absolute atomic E-state index is 8.84. The molecule has 17 heavy (non-hydrogen) atoms. The second-order valence-electron chi connectivity index (χ2n) is 4.09. The van der Waals surface area contributed by atoms with Gasteiger partial charge in [0.1, 0.15) is 0 Å². The van der Waals surface area contributed by atoms with Crippen LogP contribution in [0.1, 0.15) is 11.1 Å². The first-order valence-corrected chi connectivity index (χ1v) is 6.16. The standard InChI is InChI=1S/C14H8N2S/c15-8-10-1-3-12(4-2-10)14-6-5-11(9-16)7-13(14)17-14/h1-7,13H. The van der Waals surface area contributed by atoms with Gasteiger partial charge < -0.3 is 0 Å². The smallest absolute Gasteiger partial charge is 0.0991 e. The van der Waals surface area contributed by atoms with Gasteiger partial charge >= 0.3 is 0 Å². The van der Waals surface area contributed by atoms with E-state index in [1.807, 2.05) is 48.2 Å². The number of nitrogens with zero attached hydrogens (tertiary/aromatic N) is 2. The molecule has 1 saturated heterocycles. The van der Waals surface area contributed by atoms with Crippen molar-refractivity contribution in [2.24, 2.45) is 0 Å². The van der Waals surface area contributed by atoms with E-state index in [9.17, 15) is 0 Å². The Labute approximate surface area is 104 Å². The number of benzene rings is 1. The molecule has 2 atom stereocenters. The molecule has 3 rings (SSSR count). The molecule has 1 fully saturated rings. The Morgan fingerprint density at radius 1 is 1.12 bits per heavy atom. The van der Waals surface area contributed by atoms with Crippen molar-refractivity contribution in [2.45, 2.75) is 10.00 Å². The topological polar surface area (TPSA) is 47.6 Å². The third-order valence-electron chi connectivity index (χ3n) is 3.12. The van der Waals surface area contributed by atoms with Gasteiger partial charge in [-0.25, -0.2) is 0 Å². The summed E-state index contributed by atoms with van der Waals surface area (Å²) < 4.78 is 0.00827. The molecule has 0 N–H and O–H groups in total. The van der Waals surface area contributed by atoms with Gasteiger partial charge in [0.25, 0.3) is 0 Å². The molecule has 0 bridgehead atoms. The van der Waals surface area contributed by atoms with E-state index >= 15 is 0 Å². The zero-order valence-electron chi connectivity index (χ0n) is 8.92. The first kappa shape index (κ1) is 10.2. The van der Waals surface area contributed by atoms with E-state index in [2.05, 4.69) is 18.2 Å². The molecule has 1 heterocycles. The number of allylic oxidation sites excluding steroid dienone is 2. The van der Waals surface area contributed by atoms with E-state index in [0.29, 0.717) is 10.8 Å². The second-order valence-corrected chi connectivity index (χ2v) is 5.51. The summed E-state index contributed by atoms with van der Waals surface area (Å²) in [6.45, 7) is 0. The summed E-state index contributed by atoms with van der Waals surface area (Å²) in [6.07, 6.45) is 6.00. The van der Waals surface area contributed by atoms with E-state index in [1.54, 1.807) is 0 Å². The van der Waals surface area contributed by atoms with E-state index < -0.39 is 0 Å². The van der Waals surface area contributed by atoms with Crippen molar-refractivity contribution in [3.8, 4) is 12.1 Å². The monoisotopic (exact) mass is 236 g/mol. The first-order chi connectivity index (χ1) is 8.28. The van der Waals surface area contributed by atoms with Crippen LogP contribution in [0.25, 0.3) is 0 Å². The number of hydrogen-bond acceptors (Lipinski definition) is 3. The number of fused-ring (bicyclic) bond motifs is 1. The summed E-state index contributed by atoms with van der Waals surface area (Å²) in [6, 6.07) is 12.0. The van der Waals surface area contributed by atoms with E-state index in [1.165, 1.54) is 5.56 Å². The van der Waals surface area contributed by atoms with Crippen LogP contribution < -0.4 is 0 Å². The highest BCUT2D eigenvalue weighted by molar-refractivity contribution is 8.08. The Balaban J connectivity index is 1.94. The van der Waals surface area contributed by atoms with Crippen molar-refractivity contribution in [3.63, 3.8) is 0 Å². The van der Waals surface area contributed by atoms with Gasteiger partial charge in [0.2, 0.25) is 0 Å². The summed E-state index contributed by atoms with van der Waals surface area (Å²) >= 11 is 1.83. The molecular weight excluding hydrogens is 228 g/mol. The van der Waals surface area contributed by atoms with Gasteiger partial charge in [-0.2, -0.15) is 10.5 Å². The summed E-state index contributed by atoms with van der Waals surface area (Å²) in [5, 5.41) is 18.0. The Hall–Kier alpha value is -1.97. The molecule has 80 valence electrons. The fourth-order valence-electron chi connectivity index (χ4n) is 2.11. The molecule has 1 aliphatic heterocycles. The van der Waals surface area contributed by atoms with Crippen molar-refractivity contribution in [2.75, 3.05) is 0 Å². The van der Waals surface area contributed by atoms with E-state index in [-0.39, 0.29) is 4.75 Å². The van der Waals surface area contributed by atoms with Crippen LogP contribution in [0.2, 0.25) is 0 Å². The third-order valence-corrected chi connectivity index (χ3v) is 4.65. The lowest BCUT2D eigenvalue weighted by Crippen LogP contribution is -2.10. The molecule has 1 aliphatic carbocycles. The van der Waals surface area contributed by atoms with E-state index in [4.69, 9.17) is 10.5 Å². The third kappa shape index (κ3) is 1.48. The molecule has 0 spiro atoms. The zero-order chi connectivity index (χ0) is 11.9. The number of nitriles is 2.